The average molecular weight is 453 g/mol. The first kappa shape index (κ1) is 22.0. The van der Waals surface area contributed by atoms with E-state index in [1.54, 1.807) is 30.0 Å². The normalized spacial score (nSPS) is 14.6. The Bertz CT molecular complexity index is 1070. The van der Waals surface area contributed by atoms with Crippen LogP contribution in [0.3, 0.4) is 0 Å². The van der Waals surface area contributed by atoms with Crippen molar-refractivity contribution in [2.24, 2.45) is 0 Å². The number of benzene rings is 2. The number of anilines is 1. The lowest BCUT2D eigenvalue weighted by Crippen LogP contribution is -2.49. The maximum absolute atomic E-state index is 12.9. The molecule has 1 saturated heterocycles. The number of rotatable bonds is 6. The molecule has 1 aliphatic rings. The fraction of sp³-hybridized carbons (Fsp3) is 0.316. The van der Waals surface area contributed by atoms with Gasteiger partial charge in [0.25, 0.3) is 11.6 Å². The van der Waals surface area contributed by atoms with Crippen LogP contribution in [0.15, 0.2) is 47.4 Å². The van der Waals surface area contributed by atoms with Crippen LogP contribution in [0.25, 0.3) is 0 Å². The summed E-state index contributed by atoms with van der Waals surface area (Å²) in [6.07, 6.45) is 0. The van der Waals surface area contributed by atoms with Gasteiger partial charge in [-0.3, -0.25) is 14.9 Å². The van der Waals surface area contributed by atoms with Crippen LogP contribution in [-0.2, 0) is 10.0 Å². The van der Waals surface area contributed by atoms with E-state index in [9.17, 15) is 23.3 Å². The summed E-state index contributed by atoms with van der Waals surface area (Å²) < 4.78 is 26.8. The molecule has 0 aromatic heterocycles. The summed E-state index contributed by atoms with van der Waals surface area (Å²) in [6, 6.07) is 10.4. The third-order valence-electron chi connectivity index (χ3n) is 4.77. The third-order valence-corrected chi connectivity index (χ3v) is 6.55. The van der Waals surface area contributed by atoms with Crippen LogP contribution in [0.1, 0.15) is 17.3 Å². The Hall–Kier alpha value is -2.69. The number of nitro benzene ring substituents is 1. The van der Waals surface area contributed by atoms with E-state index in [1.165, 1.54) is 24.3 Å². The summed E-state index contributed by atoms with van der Waals surface area (Å²) in [6.45, 7) is 3.44. The fourth-order valence-electron chi connectivity index (χ4n) is 3.31. The summed E-state index contributed by atoms with van der Waals surface area (Å²) in [4.78, 5) is 27.2. The lowest BCUT2D eigenvalue weighted by atomic mass is 10.1. The minimum atomic E-state index is -3.66. The Morgan fingerprint density at radius 1 is 1.17 bits per heavy atom. The van der Waals surface area contributed by atoms with Crippen LogP contribution in [-0.4, -0.2) is 56.9 Å². The van der Waals surface area contributed by atoms with E-state index in [4.69, 9.17) is 11.6 Å². The van der Waals surface area contributed by atoms with Crippen LogP contribution >= 0.6 is 11.6 Å². The number of nitrogens with one attached hydrogen (secondary N) is 1. The number of nitrogens with zero attached hydrogens (tertiary/aromatic N) is 3. The molecular formula is C19H21ClN4O5S. The van der Waals surface area contributed by atoms with Gasteiger partial charge in [-0.15, -0.1) is 0 Å². The lowest BCUT2D eigenvalue weighted by Gasteiger charge is -2.35. The topological polar surface area (TPSA) is 113 Å². The molecule has 0 atom stereocenters. The van der Waals surface area contributed by atoms with Crippen molar-refractivity contribution < 1.29 is 18.1 Å². The molecule has 160 valence electrons. The number of hydrogen-bond acceptors (Lipinski definition) is 6. The second-order valence-electron chi connectivity index (χ2n) is 6.70. The van der Waals surface area contributed by atoms with Crippen LogP contribution in [0, 0.1) is 10.1 Å². The Morgan fingerprint density at radius 3 is 2.50 bits per heavy atom. The predicted molar refractivity (Wildman–Crippen MR) is 114 cm³/mol. The number of nitro groups is 1. The predicted octanol–water partition coefficient (Wildman–Crippen LogP) is 2.51. The summed E-state index contributed by atoms with van der Waals surface area (Å²) in [7, 11) is -3.66. The zero-order valence-corrected chi connectivity index (χ0v) is 17.8. The first-order valence-corrected chi connectivity index (χ1v) is 11.2. The molecule has 1 amide bonds. The monoisotopic (exact) mass is 452 g/mol. The van der Waals surface area contributed by atoms with Gasteiger partial charge in [0.1, 0.15) is 5.69 Å². The number of amides is 1. The maximum Gasteiger partial charge on any atom is 0.294 e. The number of sulfonamides is 1. The number of halogens is 1. The Labute approximate surface area is 179 Å². The van der Waals surface area contributed by atoms with Crippen LogP contribution in [0.2, 0.25) is 5.02 Å². The second-order valence-corrected chi connectivity index (χ2v) is 8.90. The highest BCUT2D eigenvalue weighted by molar-refractivity contribution is 7.89. The van der Waals surface area contributed by atoms with E-state index in [-0.39, 0.29) is 33.6 Å². The molecule has 3 rings (SSSR count). The molecule has 0 bridgehead atoms. The summed E-state index contributed by atoms with van der Waals surface area (Å²) in [5, 5.41) is 11.6. The standard InChI is InChI=1S/C19H21ClN4O5S/c1-2-21-30(28,29)16-5-3-4-14(12-16)19(25)23-10-8-22(9-11-23)17-7-6-15(20)13-18(17)24(26)27/h3-7,12-13,21H,2,8-11H2,1H3. The summed E-state index contributed by atoms with van der Waals surface area (Å²) in [5.74, 6) is -0.284. The van der Waals surface area contributed by atoms with Crippen LogP contribution < -0.4 is 9.62 Å². The number of carbonyl (C=O) groups is 1. The largest absolute Gasteiger partial charge is 0.362 e. The summed E-state index contributed by atoms with van der Waals surface area (Å²) in [5.41, 5.74) is 0.652. The second kappa shape index (κ2) is 8.99. The number of piperazine rings is 1. The SMILES string of the molecule is CCNS(=O)(=O)c1cccc(C(=O)N2CCN(c3ccc(Cl)cc3[N+](=O)[O-])CC2)c1. The molecule has 1 aliphatic heterocycles. The van der Waals surface area contributed by atoms with Crippen molar-refractivity contribution in [1.29, 1.82) is 0 Å². The molecule has 1 fully saturated rings. The quantitative estimate of drug-likeness (QED) is 0.532. The van der Waals surface area contributed by atoms with Gasteiger partial charge in [0.2, 0.25) is 10.0 Å². The molecule has 0 radical (unpaired) electrons. The van der Waals surface area contributed by atoms with Crippen LogP contribution in [0.4, 0.5) is 11.4 Å². The van der Waals surface area contributed by atoms with Crippen molar-refractivity contribution in [3.05, 3.63) is 63.2 Å². The van der Waals surface area contributed by atoms with E-state index in [0.29, 0.717) is 31.9 Å². The Kier molecular flexibility index (Phi) is 6.59. The van der Waals surface area contributed by atoms with E-state index >= 15 is 0 Å². The molecule has 2 aromatic rings. The minimum absolute atomic E-state index is 0.0330. The molecular weight excluding hydrogens is 432 g/mol. The third kappa shape index (κ3) is 4.72. The molecule has 1 heterocycles. The maximum atomic E-state index is 12.9. The van der Waals surface area contributed by atoms with Crippen molar-refractivity contribution in [3.63, 3.8) is 0 Å². The minimum Gasteiger partial charge on any atom is -0.362 e. The van der Waals surface area contributed by atoms with Crippen molar-refractivity contribution in [2.75, 3.05) is 37.6 Å². The smallest absolute Gasteiger partial charge is 0.294 e. The molecule has 0 aliphatic carbocycles. The van der Waals surface area contributed by atoms with Gasteiger partial charge in [0.05, 0.1) is 9.82 Å². The van der Waals surface area contributed by atoms with E-state index in [1.807, 2.05) is 4.90 Å². The zero-order chi connectivity index (χ0) is 21.9. The first-order chi connectivity index (χ1) is 14.2. The first-order valence-electron chi connectivity index (χ1n) is 9.31. The molecule has 30 heavy (non-hydrogen) atoms. The molecule has 9 nitrogen and oxygen atoms in total. The number of carbonyl (C=O) groups excluding carboxylic acids is 1. The van der Waals surface area contributed by atoms with Gasteiger partial charge in [-0.05, 0) is 30.3 Å². The van der Waals surface area contributed by atoms with E-state index in [0.717, 1.165) is 0 Å². The highest BCUT2D eigenvalue weighted by atomic mass is 35.5. The van der Waals surface area contributed by atoms with E-state index in [2.05, 4.69) is 4.72 Å². The van der Waals surface area contributed by atoms with Crippen molar-refractivity contribution in [1.82, 2.24) is 9.62 Å². The highest BCUT2D eigenvalue weighted by Crippen LogP contribution is 2.31. The van der Waals surface area contributed by atoms with Gasteiger partial charge in [-0.25, -0.2) is 13.1 Å². The van der Waals surface area contributed by atoms with Crippen molar-refractivity contribution in [2.45, 2.75) is 11.8 Å². The van der Waals surface area contributed by atoms with Gasteiger partial charge in [-0.2, -0.15) is 0 Å². The molecule has 2 aromatic carbocycles. The molecule has 1 N–H and O–H groups in total. The highest BCUT2D eigenvalue weighted by Gasteiger charge is 2.27. The van der Waals surface area contributed by atoms with E-state index < -0.39 is 14.9 Å². The molecule has 11 heteroatoms. The molecule has 0 spiro atoms. The Balaban J connectivity index is 1.73. The van der Waals surface area contributed by atoms with Crippen molar-refractivity contribution >= 4 is 38.9 Å². The fourth-order valence-corrected chi connectivity index (χ4v) is 4.57. The molecule has 0 unspecified atom stereocenters. The Morgan fingerprint density at radius 2 is 1.87 bits per heavy atom. The zero-order valence-electron chi connectivity index (χ0n) is 16.2. The average Bonchev–Trinajstić information content (AvgIpc) is 2.73. The van der Waals surface area contributed by atoms with Crippen molar-refractivity contribution in [3.8, 4) is 0 Å². The lowest BCUT2D eigenvalue weighted by molar-refractivity contribution is -0.384. The van der Waals surface area contributed by atoms with Gasteiger partial charge < -0.3 is 9.80 Å². The van der Waals surface area contributed by atoms with Gasteiger partial charge in [0.15, 0.2) is 0 Å². The summed E-state index contributed by atoms with van der Waals surface area (Å²) >= 11 is 5.87. The van der Waals surface area contributed by atoms with Crippen LogP contribution in [0.5, 0.6) is 0 Å². The molecule has 0 saturated carbocycles. The van der Waals surface area contributed by atoms with Gasteiger partial charge in [-0.1, -0.05) is 24.6 Å². The van der Waals surface area contributed by atoms with Gasteiger partial charge >= 0.3 is 0 Å². The van der Waals surface area contributed by atoms with Gasteiger partial charge in [0, 0.05) is 49.4 Å². The number of hydrogen-bond donors (Lipinski definition) is 1.